The van der Waals surface area contributed by atoms with Gasteiger partial charge in [0.2, 0.25) is 0 Å². The number of ether oxygens (including phenoxy) is 1. The van der Waals surface area contributed by atoms with Crippen molar-refractivity contribution in [2.45, 2.75) is 31.3 Å². The van der Waals surface area contributed by atoms with Gasteiger partial charge in [0.05, 0.1) is 11.0 Å². The van der Waals surface area contributed by atoms with Gasteiger partial charge in [0.25, 0.3) is 10.0 Å². The zero-order valence-electron chi connectivity index (χ0n) is 14.4. The third-order valence-corrected chi connectivity index (χ3v) is 6.55. The number of nitrogens with one attached hydrogen (secondary N) is 2. The highest BCUT2D eigenvalue weighted by atomic mass is 32.2. The van der Waals surface area contributed by atoms with E-state index >= 15 is 0 Å². The molecular formula is C19H22N2O3S. The van der Waals surface area contributed by atoms with E-state index < -0.39 is 10.0 Å². The maximum atomic E-state index is 12.8. The van der Waals surface area contributed by atoms with Crippen molar-refractivity contribution in [3.8, 4) is 0 Å². The molecule has 0 saturated carbocycles. The summed E-state index contributed by atoms with van der Waals surface area (Å²) in [5.74, 6) is 0.415. The van der Waals surface area contributed by atoms with E-state index in [0.29, 0.717) is 11.6 Å². The minimum Gasteiger partial charge on any atom is -0.384 e. The van der Waals surface area contributed by atoms with Gasteiger partial charge in [-0.25, -0.2) is 8.42 Å². The van der Waals surface area contributed by atoms with Crippen LogP contribution in [0.1, 0.15) is 29.2 Å². The van der Waals surface area contributed by atoms with Crippen LogP contribution in [0.25, 0.3) is 0 Å². The number of fused-ring (bicyclic) bond motifs is 3. The first-order valence-corrected chi connectivity index (χ1v) is 10.0. The maximum absolute atomic E-state index is 12.8. The molecule has 5 nitrogen and oxygen atoms in total. The molecule has 1 unspecified atom stereocenters. The van der Waals surface area contributed by atoms with Gasteiger partial charge < -0.3 is 10.1 Å². The van der Waals surface area contributed by atoms with Gasteiger partial charge in [0.15, 0.2) is 0 Å². The van der Waals surface area contributed by atoms with Crippen molar-refractivity contribution in [2.24, 2.45) is 5.92 Å². The van der Waals surface area contributed by atoms with Gasteiger partial charge in [-0.1, -0.05) is 6.07 Å². The lowest BCUT2D eigenvalue weighted by Gasteiger charge is -2.28. The van der Waals surface area contributed by atoms with Crippen LogP contribution < -0.4 is 10.0 Å². The molecule has 0 radical (unpaired) electrons. The molecule has 0 spiro atoms. The minimum absolute atomic E-state index is 0.00646. The van der Waals surface area contributed by atoms with E-state index in [1.807, 2.05) is 32.0 Å². The van der Waals surface area contributed by atoms with Gasteiger partial charge in [0, 0.05) is 36.0 Å². The average Bonchev–Trinajstić information content (AvgIpc) is 3.06. The summed E-state index contributed by atoms with van der Waals surface area (Å²) in [5, 5.41) is 3.38. The fourth-order valence-electron chi connectivity index (χ4n) is 3.55. The monoisotopic (exact) mass is 358 g/mol. The van der Waals surface area contributed by atoms with E-state index in [1.54, 1.807) is 18.2 Å². The molecule has 25 heavy (non-hydrogen) atoms. The molecule has 2 N–H and O–H groups in total. The fraction of sp³-hybridized carbons (Fsp3) is 0.368. The summed E-state index contributed by atoms with van der Waals surface area (Å²) < 4.78 is 34.1. The van der Waals surface area contributed by atoms with E-state index in [2.05, 4.69) is 10.0 Å². The molecule has 0 aromatic heterocycles. The Kier molecular flexibility index (Phi) is 3.96. The number of hydrogen-bond donors (Lipinski definition) is 2. The molecule has 132 valence electrons. The van der Waals surface area contributed by atoms with Crippen LogP contribution in [-0.2, 0) is 14.8 Å². The molecule has 0 aliphatic carbocycles. The van der Waals surface area contributed by atoms with Crippen LogP contribution in [0.5, 0.6) is 0 Å². The third kappa shape index (κ3) is 3.00. The van der Waals surface area contributed by atoms with Crippen LogP contribution in [-0.4, -0.2) is 21.6 Å². The van der Waals surface area contributed by atoms with Crippen LogP contribution in [0.2, 0.25) is 0 Å². The summed E-state index contributed by atoms with van der Waals surface area (Å²) in [6.45, 7) is 5.58. The first-order chi connectivity index (χ1) is 11.9. The highest BCUT2D eigenvalue weighted by Crippen LogP contribution is 2.42. The van der Waals surface area contributed by atoms with E-state index in [0.717, 1.165) is 42.0 Å². The van der Waals surface area contributed by atoms with Crippen molar-refractivity contribution in [3.05, 3.63) is 53.1 Å². The standard InChI is InChI=1S/C19H22N2O3S/c1-12-3-4-15(9-13(12)2)21-25(22,23)16-5-6-18-17(10-16)19-14(11-20-18)7-8-24-19/h3-6,9-10,14,19-21H,7-8,11H2,1-2H3/t14-,19?/m0/s1. The van der Waals surface area contributed by atoms with Crippen molar-refractivity contribution in [2.75, 3.05) is 23.2 Å². The van der Waals surface area contributed by atoms with Crippen molar-refractivity contribution in [1.82, 2.24) is 0 Å². The highest BCUT2D eigenvalue weighted by molar-refractivity contribution is 7.92. The van der Waals surface area contributed by atoms with Crippen LogP contribution in [0.15, 0.2) is 41.3 Å². The van der Waals surface area contributed by atoms with Crippen LogP contribution >= 0.6 is 0 Å². The molecule has 2 aliphatic rings. The first kappa shape index (κ1) is 16.4. The predicted octanol–water partition coefficient (Wildman–Crippen LogP) is 3.61. The molecule has 0 amide bonds. The number of rotatable bonds is 3. The zero-order chi connectivity index (χ0) is 17.6. The summed E-state index contributed by atoms with van der Waals surface area (Å²) >= 11 is 0. The lowest BCUT2D eigenvalue weighted by Crippen LogP contribution is -2.25. The molecular weight excluding hydrogens is 336 g/mol. The fourth-order valence-corrected chi connectivity index (χ4v) is 4.64. The SMILES string of the molecule is Cc1ccc(NS(=O)(=O)c2ccc3c(c2)C2OCC[C@H]2CN3)cc1C. The Bertz CT molecular complexity index is 924. The number of sulfonamides is 1. The number of anilines is 2. The van der Waals surface area contributed by atoms with Crippen molar-refractivity contribution in [1.29, 1.82) is 0 Å². The lowest BCUT2D eigenvalue weighted by molar-refractivity contribution is 0.0911. The normalized spacial score (nSPS) is 22.0. The zero-order valence-corrected chi connectivity index (χ0v) is 15.2. The van der Waals surface area contributed by atoms with Gasteiger partial charge in [-0.2, -0.15) is 0 Å². The average molecular weight is 358 g/mol. The summed E-state index contributed by atoms with van der Waals surface area (Å²) in [7, 11) is -3.64. The summed E-state index contributed by atoms with van der Waals surface area (Å²) in [6, 6.07) is 10.8. The first-order valence-electron chi connectivity index (χ1n) is 8.53. The molecule has 6 heteroatoms. The van der Waals surface area contributed by atoms with Gasteiger partial charge in [-0.3, -0.25) is 4.72 Å². The number of aryl methyl sites for hydroxylation is 2. The molecule has 2 heterocycles. The maximum Gasteiger partial charge on any atom is 0.261 e. The predicted molar refractivity (Wildman–Crippen MR) is 98.5 cm³/mol. The minimum atomic E-state index is -3.64. The summed E-state index contributed by atoms with van der Waals surface area (Å²) in [5.41, 5.74) is 4.67. The van der Waals surface area contributed by atoms with E-state index in [4.69, 9.17) is 4.74 Å². The topological polar surface area (TPSA) is 67.4 Å². The summed E-state index contributed by atoms with van der Waals surface area (Å²) in [6.07, 6.45) is 1.00. The van der Waals surface area contributed by atoms with Gasteiger partial charge in [0.1, 0.15) is 0 Å². The second-order valence-electron chi connectivity index (χ2n) is 6.87. The molecule has 1 fully saturated rings. The molecule has 2 atom stereocenters. The van der Waals surface area contributed by atoms with Crippen molar-refractivity contribution >= 4 is 21.4 Å². The molecule has 4 rings (SSSR count). The second kappa shape index (κ2) is 6.04. The largest absolute Gasteiger partial charge is 0.384 e. The Hall–Kier alpha value is -2.05. The van der Waals surface area contributed by atoms with Crippen molar-refractivity contribution < 1.29 is 13.2 Å². The smallest absolute Gasteiger partial charge is 0.261 e. The Balaban J connectivity index is 1.66. The van der Waals surface area contributed by atoms with Gasteiger partial charge in [-0.05, 0) is 61.7 Å². The second-order valence-corrected chi connectivity index (χ2v) is 8.56. The molecule has 2 aromatic rings. The number of benzene rings is 2. The van der Waals surface area contributed by atoms with E-state index in [1.165, 1.54) is 0 Å². The molecule has 2 aromatic carbocycles. The van der Waals surface area contributed by atoms with E-state index in [-0.39, 0.29) is 11.0 Å². The highest BCUT2D eigenvalue weighted by Gasteiger charge is 2.35. The Morgan fingerprint density at radius 3 is 2.76 bits per heavy atom. The van der Waals surface area contributed by atoms with Gasteiger partial charge >= 0.3 is 0 Å². The quantitative estimate of drug-likeness (QED) is 0.880. The van der Waals surface area contributed by atoms with Crippen molar-refractivity contribution in [3.63, 3.8) is 0 Å². The third-order valence-electron chi connectivity index (χ3n) is 5.17. The molecule has 2 aliphatic heterocycles. The van der Waals surface area contributed by atoms with E-state index in [9.17, 15) is 8.42 Å². The molecule has 1 saturated heterocycles. The number of hydrogen-bond acceptors (Lipinski definition) is 4. The lowest BCUT2D eigenvalue weighted by atomic mass is 9.91. The summed E-state index contributed by atoms with van der Waals surface area (Å²) in [4.78, 5) is 0.266. The van der Waals surface area contributed by atoms with Crippen LogP contribution in [0.3, 0.4) is 0 Å². The van der Waals surface area contributed by atoms with Crippen LogP contribution in [0.4, 0.5) is 11.4 Å². The Morgan fingerprint density at radius 1 is 1.12 bits per heavy atom. The molecule has 0 bridgehead atoms. The van der Waals surface area contributed by atoms with Gasteiger partial charge in [-0.15, -0.1) is 0 Å². The Labute approximate surface area is 148 Å². The van der Waals surface area contributed by atoms with Crippen LogP contribution in [0, 0.1) is 19.8 Å². The Morgan fingerprint density at radius 2 is 1.96 bits per heavy atom.